The van der Waals surface area contributed by atoms with Gasteiger partial charge in [0.05, 0.1) is 17.9 Å². The molecule has 0 saturated heterocycles. The summed E-state index contributed by atoms with van der Waals surface area (Å²) in [6, 6.07) is 8.13. The third-order valence-electron chi connectivity index (χ3n) is 2.88. The van der Waals surface area contributed by atoms with Gasteiger partial charge in [-0.05, 0) is 35.0 Å². The number of para-hydroxylation sites is 1. The molecule has 0 atom stereocenters. The van der Waals surface area contributed by atoms with Crippen LogP contribution in [0.4, 0.5) is 5.69 Å². The van der Waals surface area contributed by atoms with Crippen molar-refractivity contribution in [1.29, 1.82) is 0 Å². The van der Waals surface area contributed by atoms with Crippen LogP contribution in [0.25, 0.3) is 4.96 Å². The largest absolute Gasteiger partial charge is 0.378 e. The van der Waals surface area contributed by atoms with Gasteiger partial charge in [0.2, 0.25) is 0 Å². The Labute approximate surface area is 118 Å². The minimum atomic E-state index is 0.770. The number of hydrogen-bond acceptors (Lipinski definition) is 3. The van der Waals surface area contributed by atoms with Crippen molar-refractivity contribution in [2.24, 2.45) is 0 Å². The van der Waals surface area contributed by atoms with Crippen LogP contribution in [0.2, 0.25) is 0 Å². The molecule has 0 radical (unpaired) electrons. The van der Waals surface area contributed by atoms with Gasteiger partial charge >= 0.3 is 0 Å². The highest BCUT2D eigenvalue weighted by atomic mass is 79.9. The van der Waals surface area contributed by atoms with E-state index in [9.17, 15) is 0 Å². The summed E-state index contributed by atoms with van der Waals surface area (Å²) in [4.78, 5) is 5.59. The van der Waals surface area contributed by atoms with Crippen molar-refractivity contribution < 1.29 is 0 Å². The summed E-state index contributed by atoms with van der Waals surface area (Å²) in [5.74, 6) is 0. The maximum Gasteiger partial charge on any atom is 0.194 e. The number of fused-ring (bicyclic) bond motifs is 1. The molecule has 0 fully saturated rings. The van der Waals surface area contributed by atoms with Gasteiger partial charge < -0.3 is 5.32 Å². The second kappa shape index (κ2) is 4.74. The van der Waals surface area contributed by atoms with Gasteiger partial charge in [0, 0.05) is 21.7 Å². The van der Waals surface area contributed by atoms with Crippen LogP contribution in [0.1, 0.15) is 11.4 Å². The molecule has 0 aliphatic rings. The molecule has 0 bridgehead atoms. The highest BCUT2D eigenvalue weighted by molar-refractivity contribution is 9.10. The average molecular weight is 322 g/mol. The third kappa shape index (κ3) is 2.04. The standard InChI is InChI=1S/C13H12BrN3S/c1-9-12(17-6-7-18-13(17)16-9)8-15-11-5-3-2-4-10(11)14/h2-7,15H,8H2,1H3. The maximum atomic E-state index is 4.54. The number of nitrogens with zero attached hydrogens (tertiary/aromatic N) is 2. The third-order valence-corrected chi connectivity index (χ3v) is 4.33. The predicted octanol–water partition coefficient (Wildman–Crippen LogP) is 4.08. The quantitative estimate of drug-likeness (QED) is 0.787. The molecular formula is C13H12BrN3S. The molecule has 0 amide bonds. The van der Waals surface area contributed by atoms with E-state index < -0.39 is 0 Å². The average Bonchev–Trinajstić information content (AvgIpc) is 2.90. The topological polar surface area (TPSA) is 29.3 Å². The Morgan fingerprint density at radius 1 is 1.39 bits per heavy atom. The number of halogens is 1. The first kappa shape index (κ1) is 11.7. The van der Waals surface area contributed by atoms with E-state index in [-0.39, 0.29) is 0 Å². The zero-order valence-electron chi connectivity index (χ0n) is 9.85. The van der Waals surface area contributed by atoms with E-state index in [1.165, 1.54) is 5.69 Å². The first-order valence-electron chi connectivity index (χ1n) is 5.65. The van der Waals surface area contributed by atoms with E-state index in [2.05, 4.69) is 55.2 Å². The lowest BCUT2D eigenvalue weighted by Gasteiger charge is -2.08. The molecule has 0 aliphatic carbocycles. The second-order valence-electron chi connectivity index (χ2n) is 4.03. The molecule has 1 N–H and O–H groups in total. The predicted molar refractivity (Wildman–Crippen MR) is 79.3 cm³/mol. The van der Waals surface area contributed by atoms with E-state index in [1.807, 2.05) is 18.2 Å². The molecule has 1 aromatic carbocycles. The van der Waals surface area contributed by atoms with E-state index >= 15 is 0 Å². The maximum absolute atomic E-state index is 4.54. The summed E-state index contributed by atoms with van der Waals surface area (Å²) in [6.07, 6.45) is 2.07. The monoisotopic (exact) mass is 321 g/mol. The van der Waals surface area contributed by atoms with Crippen molar-refractivity contribution in [2.75, 3.05) is 5.32 Å². The zero-order chi connectivity index (χ0) is 12.5. The number of rotatable bonds is 3. The van der Waals surface area contributed by atoms with Gasteiger partial charge in [-0.1, -0.05) is 12.1 Å². The van der Waals surface area contributed by atoms with Crippen LogP contribution in [0.15, 0.2) is 40.3 Å². The first-order chi connectivity index (χ1) is 8.75. The summed E-state index contributed by atoms with van der Waals surface area (Å²) >= 11 is 5.20. The summed E-state index contributed by atoms with van der Waals surface area (Å²) in [5.41, 5.74) is 3.39. The Hall–Kier alpha value is -1.33. The van der Waals surface area contributed by atoms with Crippen LogP contribution in [0.5, 0.6) is 0 Å². The van der Waals surface area contributed by atoms with Gasteiger partial charge in [-0.15, -0.1) is 11.3 Å². The SMILES string of the molecule is Cc1nc2sccn2c1CNc1ccccc1Br. The Morgan fingerprint density at radius 3 is 3.06 bits per heavy atom. The van der Waals surface area contributed by atoms with Gasteiger partial charge in [-0.3, -0.25) is 4.40 Å². The zero-order valence-corrected chi connectivity index (χ0v) is 12.3. The molecule has 3 aromatic rings. The van der Waals surface area contributed by atoms with E-state index in [0.717, 1.165) is 27.4 Å². The molecule has 0 aliphatic heterocycles. The van der Waals surface area contributed by atoms with Crippen molar-refractivity contribution in [3.05, 3.63) is 51.7 Å². The first-order valence-corrected chi connectivity index (χ1v) is 7.32. The van der Waals surface area contributed by atoms with Crippen molar-refractivity contribution in [3.8, 4) is 0 Å². The molecule has 0 unspecified atom stereocenters. The highest BCUT2D eigenvalue weighted by Gasteiger charge is 2.09. The summed E-state index contributed by atoms with van der Waals surface area (Å²) in [6.45, 7) is 2.82. The highest BCUT2D eigenvalue weighted by Crippen LogP contribution is 2.23. The Bertz CT molecular complexity index is 686. The fraction of sp³-hybridized carbons (Fsp3) is 0.154. The van der Waals surface area contributed by atoms with Gasteiger partial charge in [-0.25, -0.2) is 4.98 Å². The Kier molecular flexibility index (Phi) is 3.09. The van der Waals surface area contributed by atoms with Crippen molar-refractivity contribution in [2.45, 2.75) is 13.5 Å². The second-order valence-corrected chi connectivity index (χ2v) is 5.76. The molecule has 0 spiro atoms. The Morgan fingerprint density at radius 2 is 2.22 bits per heavy atom. The minimum absolute atomic E-state index is 0.770. The van der Waals surface area contributed by atoms with E-state index in [4.69, 9.17) is 0 Å². The minimum Gasteiger partial charge on any atom is -0.378 e. The van der Waals surface area contributed by atoms with Gasteiger partial charge in [0.1, 0.15) is 0 Å². The van der Waals surface area contributed by atoms with Gasteiger partial charge in [0.15, 0.2) is 4.96 Å². The van der Waals surface area contributed by atoms with E-state index in [0.29, 0.717) is 0 Å². The molecule has 3 rings (SSSR count). The van der Waals surface area contributed by atoms with Gasteiger partial charge in [0.25, 0.3) is 0 Å². The van der Waals surface area contributed by atoms with Gasteiger partial charge in [-0.2, -0.15) is 0 Å². The van der Waals surface area contributed by atoms with Crippen molar-refractivity contribution in [1.82, 2.24) is 9.38 Å². The van der Waals surface area contributed by atoms with Crippen molar-refractivity contribution >= 4 is 37.9 Å². The molecule has 92 valence electrons. The van der Waals surface area contributed by atoms with Crippen molar-refractivity contribution in [3.63, 3.8) is 0 Å². The lowest BCUT2D eigenvalue weighted by molar-refractivity contribution is 0.993. The fourth-order valence-corrected chi connectivity index (χ4v) is 3.14. The summed E-state index contributed by atoms with van der Waals surface area (Å²) < 4.78 is 3.22. The van der Waals surface area contributed by atoms with Crippen LogP contribution in [0, 0.1) is 6.92 Å². The fourth-order valence-electron chi connectivity index (χ4n) is 1.94. The smallest absolute Gasteiger partial charge is 0.194 e. The molecule has 2 aromatic heterocycles. The number of nitrogens with one attached hydrogen (secondary N) is 1. The number of imidazole rings is 1. The Balaban J connectivity index is 1.87. The molecule has 18 heavy (non-hydrogen) atoms. The normalized spacial score (nSPS) is 11.0. The lowest BCUT2D eigenvalue weighted by Crippen LogP contribution is -2.03. The van der Waals surface area contributed by atoms with E-state index in [1.54, 1.807) is 11.3 Å². The number of anilines is 1. The molecule has 0 saturated carbocycles. The van der Waals surface area contributed by atoms with Crippen LogP contribution < -0.4 is 5.32 Å². The summed E-state index contributed by atoms with van der Waals surface area (Å²) in [5, 5.41) is 5.49. The number of hydrogen-bond donors (Lipinski definition) is 1. The lowest BCUT2D eigenvalue weighted by atomic mass is 10.3. The summed E-state index contributed by atoms with van der Waals surface area (Å²) in [7, 11) is 0. The molecular weight excluding hydrogens is 310 g/mol. The number of aryl methyl sites for hydroxylation is 1. The van der Waals surface area contributed by atoms with Crippen LogP contribution in [-0.4, -0.2) is 9.38 Å². The molecule has 3 nitrogen and oxygen atoms in total. The molecule has 5 heteroatoms. The number of aromatic nitrogens is 2. The van der Waals surface area contributed by atoms with Crippen LogP contribution in [-0.2, 0) is 6.54 Å². The van der Waals surface area contributed by atoms with Crippen LogP contribution >= 0.6 is 27.3 Å². The number of benzene rings is 1. The van der Waals surface area contributed by atoms with Crippen LogP contribution in [0.3, 0.4) is 0 Å². The number of thiazole rings is 1. The molecule has 2 heterocycles.